The van der Waals surface area contributed by atoms with Gasteiger partial charge in [0, 0.05) is 11.4 Å². The molecule has 1 heterocycles. The van der Waals surface area contributed by atoms with Crippen LogP contribution in [0.1, 0.15) is 10.5 Å². The summed E-state index contributed by atoms with van der Waals surface area (Å²) >= 11 is 1.19. The zero-order valence-electron chi connectivity index (χ0n) is 8.79. The highest BCUT2D eigenvalue weighted by Crippen LogP contribution is 2.27. The lowest BCUT2D eigenvalue weighted by molar-refractivity contribution is -0.384. The van der Waals surface area contributed by atoms with Crippen LogP contribution in [0.5, 0.6) is 0 Å². The molecule has 0 unspecified atom stereocenters. The fourth-order valence-corrected chi connectivity index (χ4v) is 1.82. The van der Waals surface area contributed by atoms with Gasteiger partial charge in [-0.05, 0) is 6.07 Å². The van der Waals surface area contributed by atoms with Crippen LogP contribution in [0.2, 0.25) is 0 Å². The molecule has 0 radical (unpaired) electrons. The highest BCUT2D eigenvalue weighted by atomic mass is 32.1. The molecular formula is C10H6FN3O3S. The molecule has 92 valence electrons. The molecule has 0 aliphatic heterocycles. The van der Waals surface area contributed by atoms with Crippen LogP contribution >= 0.6 is 11.3 Å². The summed E-state index contributed by atoms with van der Waals surface area (Å²) < 4.78 is 13.5. The van der Waals surface area contributed by atoms with Gasteiger partial charge in [0.1, 0.15) is 5.69 Å². The molecule has 0 aliphatic carbocycles. The van der Waals surface area contributed by atoms with Crippen LogP contribution in [0.15, 0.2) is 29.1 Å². The van der Waals surface area contributed by atoms with Gasteiger partial charge in [-0.25, -0.2) is 9.37 Å². The molecule has 0 spiro atoms. The fourth-order valence-electron chi connectivity index (χ4n) is 1.29. The van der Waals surface area contributed by atoms with Gasteiger partial charge in [-0.1, -0.05) is 6.07 Å². The average molecular weight is 267 g/mol. The number of hydrogen-bond acceptors (Lipinski definition) is 5. The maximum atomic E-state index is 13.5. The molecule has 1 amide bonds. The van der Waals surface area contributed by atoms with Crippen molar-refractivity contribution in [3.05, 3.63) is 50.7 Å². The Bertz CT molecular complexity index is 600. The first-order valence-corrected chi connectivity index (χ1v) is 5.66. The smallest absolute Gasteiger partial charge is 0.295 e. The molecule has 1 aromatic carbocycles. The molecular weight excluding hydrogens is 261 g/mol. The van der Waals surface area contributed by atoms with E-state index in [0.29, 0.717) is 0 Å². The van der Waals surface area contributed by atoms with Crippen molar-refractivity contribution in [3.8, 4) is 0 Å². The Labute approximate surface area is 104 Å². The standard InChI is InChI=1S/C10H6FN3O3S/c11-6-2-1-3-8(14(16)17)9(6)13-10(15)7-4-18-5-12-7/h1-5H,(H,13,15). The van der Waals surface area contributed by atoms with Crippen molar-refractivity contribution < 1.29 is 14.1 Å². The van der Waals surface area contributed by atoms with E-state index in [-0.39, 0.29) is 5.69 Å². The van der Waals surface area contributed by atoms with Gasteiger partial charge in [0.05, 0.1) is 10.4 Å². The number of nitrogens with one attached hydrogen (secondary N) is 1. The number of amides is 1. The van der Waals surface area contributed by atoms with E-state index in [9.17, 15) is 19.3 Å². The topological polar surface area (TPSA) is 85.1 Å². The average Bonchev–Trinajstić information content (AvgIpc) is 2.85. The van der Waals surface area contributed by atoms with Crippen molar-refractivity contribution >= 4 is 28.6 Å². The van der Waals surface area contributed by atoms with E-state index in [2.05, 4.69) is 10.3 Å². The lowest BCUT2D eigenvalue weighted by Crippen LogP contribution is -2.14. The lowest BCUT2D eigenvalue weighted by atomic mass is 10.2. The van der Waals surface area contributed by atoms with Crippen LogP contribution in [-0.4, -0.2) is 15.8 Å². The number of anilines is 1. The van der Waals surface area contributed by atoms with Gasteiger partial charge < -0.3 is 5.32 Å². The molecule has 2 aromatic rings. The molecule has 0 atom stereocenters. The number of hydrogen-bond donors (Lipinski definition) is 1. The van der Waals surface area contributed by atoms with Crippen LogP contribution in [0, 0.1) is 15.9 Å². The Balaban J connectivity index is 2.34. The van der Waals surface area contributed by atoms with E-state index >= 15 is 0 Å². The summed E-state index contributed by atoms with van der Waals surface area (Å²) in [5.74, 6) is -1.56. The molecule has 0 fully saturated rings. The van der Waals surface area contributed by atoms with Crippen LogP contribution in [0.4, 0.5) is 15.8 Å². The van der Waals surface area contributed by atoms with Gasteiger partial charge in [0.15, 0.2) is 11.5 Å². The predicted octanol–water partition coefficient (Wildman–Crippen LogP) is 2.44. The summed E-state index contributed by atoms with van der Waals surface area (Å²) in [5, 5.41) is 14.3. The van der Waals surface area contributed by atoms with Crippen LogP contribution in [-0.2, 0) is 0 Å². The summed E-state index contributed by atoms with van der Waals surface area (Å²) in [7, 11) is 0. The Kier molecular flexibility index (Phi) is 3.28. The minimum absolute atomic E-state index is 0.0811. The third kappa shape index (κ3) is 2.33. The predicted molar refractivity (Wildman–Crippen MR) is 63.1 cm³/mol. The number of thiazole rings is 1. The van der Waals surface area contributed by atoms with Crippen molar-refractivity contribution in [3.63, 3.8) is 0 Å². The van der Waals surface area contributed by atoms with Crippen molar-refractivity contribution in [2.75, 3.05) is 5.32 Å². The Morgan fingerprint density at radius 3 is 2.89 bits per heavy atom. The molecule has 8 heteroatoms. The van der Waals surface area contributed by atoms with Gasteiger partial charge in [-0.2, -0.15) is 0 Å². The van der Waals surface area contributed by atoms with Crippen LogP contribution in [0.25, 0.3) is 0 Å². The second-order valence-electron chi connectivity index (χ2n) is 3.22. The van der Waals surface area contributed by atoms with Crippen molar-refractivity contribution in [2.24, 2.45) is 0 Å². The van der Waals surface area contributed by atoms with Gasteiger partial charge in [-0.15, -0.1) is 11.3 Å². The highest BCUT2D eigenvalue weighted by Gasteiger charge is 2.20. The zero-order valence-corrected chi connectivity index (χ0v) is 9.61. The second-order valence-corrected chi connectivity index (χ2v) is 3.94. The zero-order chi connectivity index (χ0) is 13.1. The minimum atomic E-state index is -0.868. The molecule has 0 saturated carbocycles. The molecule has 2 rings (SSSR count). The number of para-hydroxylation sites is 1. The molecule has 0 bridgehead atoms. The first kappa shape index (κ1) is 12.1. The van der Waals surface area contributed by atoms with Crippen molar-refractivity contribution in [1.29, 1.82) is 0 Å². The van der Waals surface area contributed by atoms with E-state index in [1.54, 1.807) is 0 Å². The highest BCUT2D eigenvalue weighted by molar-refractivity contribution is 7.07. The first-order valence-electron chi connectivity index (χ1n) is 4.72. The maximum Gasteiger partial charge on any atom is 0.295 e. The quantitative estimate of drug-likeness (QED) is 0.683. The Morgan fingerprint density at radius 1 is 1.50 bits per heavy atom. The van der Waals surface area contributed by atoms with Gasteiger partial charge >= 0.3 is 0 Å². The number of benzene rings is 1. The molecule has 0 saturated heterocycles. The van der Waals surface area contributed by atoms with Gasteiger partial charge in [0.2, 0.25) is 0 Å². The van der Waals surface area contributed by atoms with E-state index in [0.717, 1.165) is 12.1 Å². The number of nitro benzene ring substituents is 1. The van der Waals surface area contributed by atoms with E-state index in [1.807, 2.05) is 0 Å². The number of halogens is 1. The molecule has 0 aliphatic rings. The number of nitro groups is 1. The third-order valence-corrected chi connectivity index (χ3v) is 2.68. The Morgan fingerprint density at radius 2 is 2.28 bits per heavy atom. The molecule has 1 N–H and O–H groups in total. The number of carbonyl (C=O) groups excluding carboxylic acids is 1. The monoisotopic (exact) mass is 267 g/mol. The minimum Gasteiger partial charge on any atom is -0.312 e. The molecule has 1 aromatic heterocycles. The van der Waals surface area contributed by atoms with E-state index < -0.39 is 28.0 Å². The Hall–Kier alpha value is -2.35. The summed E-state index contributed by atoms with van der Waals surface area (Å²) in [6.45, 7) is 0. The number of rotatable bonds is 3. The van der Waals surface area contributed by atoms with Crippen LogP contribution < -0.4 is 5.32 Å². The van der Waals surface area contributed by atoms with Crippen LogP contribution in [0.3, 0.4) is 0 Å². The molecule has 6 nitrogen and oxygen atoms in total. The van der Waals surface area contributed by atoms with Gasteiger partial charge in [0.25, 0.3) is 11.6 Å². The van der Waals surface area contributed by atoms with Crippen molar-refractivity contribution in [2.45, 2.75) is 0 Å². The molecule has 18 heavy (non-hydrogen) atoms. The summed E-state index contributed by atoms with van der Waals surface area (Å²) in [6, 6.07) is 3.34. The maximum absolute atomic E-state index is 13.5. The number of carbonyl (C=O) groups is 1. The van der Waals surface area contributed by atoms with Crippen molar-refractivity contribution in [1.82, 2.24) is 4.98 Å². The number of aromatic nitrogens is 1. The normalized spacial score (nSPS) is 10.1. The summed E-state index contributed by atoms with van der Waals surface area (Å²) in [6.07, 6.45) is 0. The third-order valence-electron chi connectivity index (χ3n) is 2.09. The SMILES string of the molecule is O=C(Nc1c(F)cccc1[N+](=O)[O-])c1cscn1. The van der Waals surface area contributed by atoms with E-state index in [1.165, 1.54) is 28.3 Å². The van der Waals surface area contributed by atoms with E-state index in [4.69, 9.17) is 0 Å². The van der Waals surface area contributed by atoms with Gasteiger partial charge in [-0.3, -0.25) is 14.9 Å². The summed E-state index contributed by atoms with van der Waals surface area (Å²) in [4.78, 5) is 25.3. The first-order chi connectivity index (χ1) is 8.59. The second kappa shape index (κ2) is 4.88. The largest absolute Gasteiger partial charge is 0.312 e. The number of nitrogens with zero attached hydrogens (tertiary/aromatic N) is 2. The lowest BCUT2D eigenvalue weighted by Gasteiger charge is -2.05. The summed E-state index contributed by atoms with van der Waals surface area (Å²) in [5.41, 5.74) is 0.557. The fraction of sp³-hybridized carbons (Fsp3) is 0.